The predicted octanol–water partition coefficient (Wildman–Crippen LogP) is 4.96. The van der Waals surface area contributed by atoms with Gasteiger partial charge in [-0.05, 0) is 49.8 Å². The molecule has 136 valence electrons. The molecular weight excluding hydrogens is 355 g/mol. The van der Waals surface area contributed by atoms with Crippen LogP contribution in [-0.4, -0.2) is 24.9 Å². The average Bonchev–Trinajstić information content (AvgIpc) is 3.06. The van der Waals surface area contributed by atoms with Gasteiger partial charge >= 0.3 is 0 Å². The Labute approximate surface area is 156 Å². The van der Waals surface area contributed by atoms with Crippen molar-refractivity contribution in [1.29, 1.82) is 0 Å². The highest BCUT2D eigenvalue weighted by molar-refractivity contribution is 7.99. The Balaban J connectivity index is 1.88. The van der Waals surface area contributed by atoms with E-state index in [1.165, 1.54) is 25.3 Å². The van der Waals surface area contributed by atoms with Crippen LogP contribution in [-0.2, 0) is 0 Å². The van der Waals surface area contributed by atoms with Gasteiger partial charge in [-0.1, -0.05) is 23.9 Å². The molecule has 0 unspecified atom stereocenters. The van der Waals surface area contributed by atoms with Crippen molar-refractivity contribution < 1.29 is 23.4 Å². The lowest BCUT2D eigenvalue weighted by Gasteiger charge is -2.14. The highest BCUT2D eigenvalue weighted by atomic mass is 32.2. The van der Waals surface area contributed by atoms with Gasteiger partial charge in [0.1, 0.15) is 17.4 Å². The molecule has 0 amide bonds. The van der Waals surface area contributed by atoms with Crippen LogP contribution in [0.1, 0.15) is 29.8 Å². The van der Waals surface area contributed by atoms with Gasteiger partial charge in [-0.3, -0.25) is 4.79 Å². The van der Waals surface area contributed by atoms with Crippen molar-refractivity contribution >= 4 is 23.6 Å². The highest BCUT2D eigenvalue weighted by Gasteiger charge is 2.21. The van der Waals surface area contributed by atoms with Crippen molar-refractivity contribution in [3.8, 4) is 17.2 Å². The summed E-state index contributed by atoms with van der Waals surface area (Å²) in [6.07, 6.45) is 2.90. The number of ether oxygens (including phenoxy) is 3. The molecule has 6 heteroatoms. The third-order valence-electron chi connectivity index (χ3n) is 3.71. The first-order valence-corrected chi connectivity index (χ1v) is 9.12. The van der Waals surface area contributed by atoms with E-state index in [2.05, 4.69) is 0 Å². The van der Waals surface area contributed by atoms with Crippen LogP contribution in [0.15, 0.2) is 41.3 Å². The van der Waals surface area contributed by atoms with Gasteiger partial charge < -0.3 is 14.2 Å². The molecule has 0 fully saturated rings. The lowest BCUT2D eigenvalue weighted by molar-refractivity contribution is 0.104. The molecule has 4 nitrogen and oxygen atoms in total. The number of halogens is 1. The quantitative estimate of drug-likeness (QED) is 0.528. The number of fused-ring (bicyclic) bond motifs is 1. The lowest BCUT2D eigenvalue weighted by atomic mass is 10.1. The maximum Gasteiger partial charge on any atom is 0.189 e. The van der Waals surface area contributed by atoms with Gasteiger partial charge in [-0.2, -0.15) is 0 Å². The summed E-state index contributed by atoms with van der Waals surface area (Å²) >= 11 is 1.56. The minimum Gasteiger partial charge on any atom is -0.494 e. The summed E-state index contributed by atoms with van der Waals surface area (Å²) in [4.78, 5) is 13.6. The first-order chi connectivity index (χ1) is 12.5. The number of benzene rings is 2. The van der Waals surface area contributed by atoms with E-state index in [0.717, 1.165) is 4.90 Å². The summed E-state index contributed by atoms with van der Waals surface area (Å²) in [6, 6.07) is 8.05. The molecule has 0 aliphatic carbocycles. The largest absolute Gasteiger partial charge is 0.494 e. The van der Waals surface area contributed by atoms with Crippen molar-refractivity contribution in [1.82, 2.24) is 0 Å². The van der Waals surface area contributed by atoms with Gasteiger partial charge in [0.25, 0.3) is 0 Å². The van der Waals surface area contributed by atoms with Crippen LogP contribution in [0.5, 0.6) is 17.2 Å². The minimum absolute atomic E-state index is 0.0633. The van der Waals surface area contributed by atoms with Crippen molar-refractivity contribution in [2.45, 2.75) is 24.8 Å². The Bertz CT molecular complexity index is 861. The highest BCUT2D eigenvalue weighted by Crippen LogP contribution is 2.41. The van der Waals surface area contributed by atoms with Gasteiger partial charge in [0.2, 0.25) is 0 Å². The molecule has 3 rings (SSSR count). The average molecular weight is 374 g/mol. The van der Waals surface area contributed by atoms with Gasteiger partial charge in [-0.15, -0.1) is 0 Å². The second-order valence-electron chi connectivity index (χ2n) is 5.96. The van der Waals surface area contributed by atoms with E-state index in [9.17, 15) is 9.18 Å². The Morgan fingerprint density at radius 3 is 2.77 bits per heavy atom. The molecule has 1 heterocycles. The molecule has 1 aliphatic rings. The number of hydrogen-bond acceptors (Lipinski definition) is 5. The molecule has 0 atom stereocenters. The number of ketones is 1. The third-order valence-corrected chi connectivity index (χ3v) is 4.57. The first-order valence-electron chi connectivity index (χ1n) is 8.14. The zero-order valence-corrected chi connectivity index (χ0v) is 15.6. The molecule has 0 saturated carbocycles. The van der Waals surface area contributed by atoms with E-state index in [1.54, 1.807) is 30.0 Å². The molecule has 2 aromatic carbocycles. The number of carbonyl (C=O) groups excluding carboxylic acids is 1. The Kier molecular flexibility index (Phi) is 5.52. The maximum atomic E-state index is 13.8. The monoisotopic (exact) mass is 374 g/mol. The molecule has 0 N–H and O–H groups in total. The number of carbonyl (C=O) groups is 1. The number of thioether (sulfide) groups is 1. The second kappa shape index (κ2) is 7.83. The van der Waals surface area contributed by atoms with Gasteiger partial charge in [0, 0.05) is 0 Å². The molecule has 2 aromatic rings. The first kappa shape index (κ1) is 18.3. The van der Waals surface area contributed by atoms with E-state index >= 15 is 0 Å². The van der Waals surface area contributed by atoms with Crippen molar-refractivity contribution in [3.63, 3.8) is 0 Å². The van der Waals surface area contributed by atoms with Crippen LogP contribution in [0, 0.1) is 5.82 Å². The van der Waals surface area contributed by atoms with Crippen LogP contribution < -0.4 is 14.2 Å². The molecule has 0 aromatic heterocycles. The van der Waals surface area contributed by atoms with E-state index in [0.29, 0.717) is 28.6 Å². The fourth-order valence-corrected chi connectivity index (χ4v) is 3.28. The zero-order valence-electron chi connectivity index (χ0n) is 14.7. The molecule has 0 radical (unpaired) electrons. The number of methoxy groups -OCH3 is 1. The zero-order chi connectivity index (χ0) is 18.7. The SMILES string of the molecule is COc1ccc(/C=C/C(=O)c2cc3c(cc2OC(C)C)SCO3)cc1F. The fourth-order valence-electron chi connectivity index (χ4n) is 2.52. The number of hydrogen-bond donors (Lipinski definition) is 0. The van der Waals surface area contributed by atoms with Crippen LogP contribution in [0.4, 0.5) is 4.39 Å². The molecule has 0 spiro atoms. The number of allylic oxidation sites excluding steroid dienone is 1. The van der Waals surface area contributed by atoms with Crippen LogP contribution in [0.25, 0.3) is 6.08 Å². The second-order valence-corrected chi connectivity index (χ2v) is 6.92. The summed E-state index contributed by atoms with van der Waals surface area (Å²) in [6.45, 7) is 3.81. The summed E-state index contributed by atoms with van der Waals surface area (Å²) < 4.78 is 30.0. The summed E-state index contributed by atoms with van der Waals surface area (Å²) in [5.41, 5.74) is 0.987. The van der Waals surface area contributed by atoms with Gasteiger partial charge in [0.15, 0.2) is 17.3 Å². The molecule has 1 aliphatic heterocycles. The van der Waals surface area contributed by atoms with E-state index in [1.807, 2.05) is 19.9 Å². The van der Waals surface area contributed by atoms with Crippen LogP contribution in [0.3, 0.4) is 0 Å². The Hall–Kier alpha value is -2.47. The smallest absolute Gasteiger partial charge is 0.189 e. The summed E-state index contributed by atoms with van der Waals surface area (Å²) in [7, 11) is 1.40. The minimum atomic E-state index is -0.478. The topological polar surface area (TPSA) is 44.8 Å². The van der Waals surface area contributed by atoms with Crippen molar-refractivity contribution in [2.24, 2.45) is 0 Å². The molecule has 0 bridgehead atoms. The van der Waals surface area contributed by atoms with E-state index in [-0.39, 0.29) is 17.6 Å². The molecule has 0 saturated heterocycles. The van der Waals surface area contributed by atoms with Crippen LogP contribution in [0.2, 0.25) is 0 Å². The Morgan fingerprint density at radius 1 is 1.27 bits per heavy atom. The standard InChI is InChI=1S/C20H19FO4S/c1-12(2)25-18-10-20-19(24-11-26-20)9-14(18)16(22)6-4-13-5-7-17(23-3)15(21)8-13/h4-10,12H,11H2,1-3H3/b6-4+. The predicted molar refractivity (Wildman–Crippen MR) is 99.9 cm³/mol. The maximum absolute atomic E-state index is 13.8. The third kappa shape index (κ3) is 4.02. The normalized spacial score (nSPS) is 13.0. The summed E-state index contributed by atoms with van der Waals surface area (Å²) in [5.74, 6) is 1.17. The fraction of sp³-hybridized carbons (Fsp3) is 0.250. The van der Waals surface area contributed by atoms with Crippen molar-refractivity contribution in [3.05, 3.63) is 53.4 Å². The molecule has 26 heavy (non-hydrogen) atoms. The number of rotatable bonds is 6. The summed E-state index contributed by atoms with van der Waals surface area (Å²) in [5, 5.41) is 0. The van der Waals surface area contributed by atoms with Gasteiger partial charge in [0.05, 0.1) is 23.7 Å². The van der Waals surface area contributed by atoms with Crippen LogP contribution >= 0.6 is 11.8 Å². The van der Waals surface area contributed by atoms with Crippen molar-refractivity contribution in [2.75, 3.05) is 13.0 Å². The molecular formula is C20H19FO4S. The van der Waals surface area contributed by atoms with E-state index < -0.39 is 5.82 Å². The van der Waals surface area contributed by atoms with Gasteiger partial charge in [-0.25, -0.2) is 4.39 Å². The lowest BCUT2D eigenvalue weighted by Crippen LogP contribution is -2.09. The Morgan fingerprint density at radius 2 is 2.08 bits per heavy atom. The van der Waals surface area contributed by atoms with E-state index in [4.69, 9.17) is 14.2 Å².